The van der Waals surface area contributed by atoms with E-state index >= 15 is 0 Å². The molecular weight excluding hydrogens is 526 g/mol. The second-order valence-electron chi connectivity index (χ2n) is 9.17. The minimum Gasteiger partial charge on any atom is -0.387 e. The average molecular weight is 555 g/mol. The molecule has 2 aromatic rings. The molecule has 6 N–H and O–H groups in total. The summed E-state index contributed by atoms with van der Waals surface area (Å²) in [5.41, 5.74) is 1.25. The van der Waals surface area contributed by atoms with Crippen molar-refractivity contribution in [1.29, 1.82) is 0 Å². The average Bonchev–Trinajstić information content (AvgIpc) is 3.47. The summed E-state index contributed by atoms with van der Waals surface area (Å²) >= 11 is 6.23. The molecule has 2 saturated carbocycles. The van der Waals surface area contributed by atoms with Gasteiger partial charge in [0.2, 0.25) is 0 Å². The Balaban J connectivity index is 1.50. The molecule has 2 fully saturated rings. The number of nitrogens with one attached hydrogen (secondary N) is 1. The summed E-state index contributed by atoms with van der Waals surface area (Å²) in [6.45, 7) is -0.725. The van der Waals surface area contributed by atoms with Crippen LogP contribution in [0.2, 0.25) is 5.15 Å². The Morgan fingerprint density at radius 1 is 1.26 bits per heavy atom. The first-order chi connectivity index (χ1) is 16.4. The molecule has 196 valence electrons. The third-order valence-electron chi connectivity index (χ3n) is 6.65. The molecule has 13 nitrogen and oxygen atoms in total. The first kappa shape index (κ1) is 26.9. The van der Waals surface area contributed by atoms with Crippen molar-refractivity contribution >= 4 is 38.0 Å². The number of ether oxygens (including phenoxy) is 1. The Labute approximate surface area is 206 Å². The van der Waals surface area contributed by atoms with Gasteiger partial charge in [-0.25, -0.2) is 9.50 Å². The van der Waals surface area contributed by atoms with E-state index in [4.69, 9.17) is 30.6 Å². The maximum Gasteiger partial charge on any atom is 0.340 e. The predicted octanol–water partition coefficient (Wildman–Crippen LogP) is 1.73. The molecule has 0 radical (unpaired) electrons. The summed E-state index contributed by atoms with van der Waals surface area (Å²) in [5.74, 6) is -0.110. The number of fused-ring (bicyclic) bond motifs is 3. The maximum atomic E-state index is 11.9. The second-order valence-corrected chi connectivity index (χ2v) is 13.5. The van der Waals surface area contributed by atoms with E-state index in [9.17, 15) is 24.2 Å². The highest BCUT2D eigenvalue weighted by Crippen LogP contribution is 2.55. The molecule has 0 aromatic carbocycles. The standard InChI is InChI=1S/C19H29ClN4O9P2/c1-32-15(8-33-35(30,31)9-34(27,28)29)17(25)18(26)19-21-7-14-13(6-16(20)23-24(14)19)22-12-5-10-2-3-11(12)4-10/h6-7,10-12,15,17-18,22,25-26H,2-5,8-9H2,1H3,(H,30,31)(H2,27,28,29)/t10?,11?,12-,15+,17+,18+/m0/s1. The minimum atomic E-state index is -4.82. The van der Waals surface area contributed by atoms with Crippen LogP contribution in [0.1, 0.15) is 37.6 Å². The Kier molecular flexibility index (Phi) is 7.95. The van der Waals surface area contributed by atoms with Gasteiger partial charge in [0.15, 0.2) is 16.9 Å². The van der Waals surface area contributed by atoms with Gasteiger partial charge >= 0.3 is 15.2 Å². The fourth-order valence-corrected chi connectivity index (χ4v) is 7.78. The zero-order valence-corrected chi connectivity index (χ0v) is 21.4. The Hall–Kier alpha value is -1.11. The molecule has 35 heavy (non-hydrogen) atoms. The number of aliphatic hydroxyl groups excluding tert-OH is 2. The van der Waals surface area contributed by atoms with Crippen LogP contribution in [0.4, 0.5) is 5.69 Å². The summed E-state index contributed by atoms with van der Waals surface area (Å²) < 4.78 is 34.0. The number of rotatable bonds is 11. The molecule has 3 unspecified atom stereocenters. The molecule has 2 bridgehead atoms. The quantitative estimate of drug-likeness (QED) is 0.220. The minimum absolute atomic E-state index is 0.0459. The topological polar surface area (TPSA) is 196 Å². The summed E-state index contributed by atoms with van der Waals surface area (Å²) in [7, 11) is -8.33. The molecule has 2 aliphatic rings. The van der Waals surface area contributed by atoms with Gasteiger partial charge in [-0.1, -0.05) is 18.0 Å². The number of halogens is 1. The first-order valence-corrected chi connectivity index (χ1v) is 15.0. The lowest BCUT2D eigenvalue weighted by atomic mass is 9.95. The van der Waals surface area contributed by atoms with Gasteiger partial charge in [-0.2, -0.15) is 5.10 Å². The van der Waals surface area contributed by atoms with Gasteiger partial charge in [0.1, 0.15) is 23.8 Å². The summed E-state index contributed by atoms with van der Waals surface area (Å²) in [4.78, 5) is 31.7. The molecule has 0 saturated heterocycles. The van der Waals surface area contributed by atoms with E-state index in [1.165, 1.54) is 37.1 Å². The van der Waals surface area contributed by atoms with Crippen molar-refractivity contribution in [3.63, 3.8) is 0 Å². The van der Waals surface area contributed by atoms with Crippen molar-refractivity contribution in [3.8, 4) is 0 Å². The van der Waals surface area contributed by atoms with Crippen molar-refractivity contribution in [2.24, 2.45) is 11.8 Å². The third-order valence-corrected chi connectivity index (χ3v) is 10.3. The summed E-state index contributed by atoms with van der Waals surface area (Å²) in [5, 5.41) is 29.4. The van der Waals surface area contributed by atoms with Gasteiger partial charge in [0, 0.05) is 19.2 Å². The van der Waals surface area contributed by atoms with Crippen LogP contribution < -0.4 is 5.32 Å². The van der Waals surface area contributed by atoms with Gasteiger partial charge in [0.25, 0.3) is 0 Å². The first-order valence-electron chi connectivity index (χ1n) is 11.1. The lowest BCUT2D eigenvalue weighted by molar-refractivity contribution is -0.0937. The lowest BCUT2D eigenvalue weighted by Gasteiger charge is -2.26. The van der Waals surface area contributed by atoms with E-state index < -0.39 is 46.0 Å². The monoisotopic (exact) mass is 554 g/mol. The number of aliphatic hydroxyl groups is 2. The fourth-order valence-electron chi connectivity index (χ4n) is 5.03. The van der Waals surface area contributed by atoms with Crippen LogP contribution in [0.15, 0.2) is 12.3 Å². The van der Waals surface area contributed by atoms with Crippen LogP contribution in [-0.2, 0) is 18.4 Å². The SMILES string of the molecule is CO[C@H](COP(=O)(O)CP(=O)(O)O)[C@@H](O)[C@@H](O)c1ncc2c(N[C@H]3CC4CCC3C4)cc(Cl)nn12. The highest BCUT2D eigenvalue weighted by atomic mass is 35.5. The molecular formula is C19H29ClN4O9P2. The van der Waals surface area contributed by atoms with Crippen LogP contribution in [-0.4, -0.2) is 77.4 Å². The molecule has 2 aromatic heterocycles. The largest absolute Gasteiger partial charge is 0.387 e. The van der Waals surface area contributed by atoms with Crippen molar-refractivity contribution in [1.82, 2.24) is 14.6 Å². The Morgan fingerprint density at radius 3 is 2.60 bits per heavy atom. The van der Waals surface area contributed by atoms with E-state index in [1.807, 2.05) is 0 Å². The van der Waals surface area contributed by atoms with E-state index in [-0.39, 0.29) is 11.0 Å². The summed E-state index contributed by atoms with van der Waals surface area (Å²) in [6.07, 6.45) is 1.53. The molecule has 16 heteroatoms. The lowest BCUT2D eigenvalue weighted by Crippen LogP contribution is -2.38. The van der Waals surface area contributed by atoms with Crippen LogP contribution >= 0.6 is 26.8 Å². The third kappa shape index (κ3) is 6.24. The number of aromatic nitrogens is 3. The van der Waals surface area contributed by atoms with Crippen molar-refractivity contribution in [3.05, 3.63) is 23.2 Å². The van der Waals surface area contributed by atoms with Crippen LogP contribution in [0.25, 0.3) is 5.52 Å². The zero-order valence-electron chi connectivity index (χ0n) is 18.8. The van der Waals surface area contributed by atoms with E-state index in [0.717, 1.165) is 12.3 Å². The zero-order chi connectivity index (χ0) is 25.5. The highest BCUT2D eigenvalue weighted by molar-refractivity contribution is 7.70. The van der Waals surface area contributed by atoms with Crippen LogP contribution in [0, 0.1) is 11.8 Å². The van der Waals surface area contributed by atoms with Gasteiger partial charge in [-0.05, 0) is 31.1 Å². The van der Waals surface area contributed by atoms with Gasteiger partial charge in [-0.3, -0.25) is 9.13 Å². The fraction of sp³-hybridized carbons (Fsp3) is 0.684. The smallest absolute Gasteiger partial charge is 0.340 e. The summed E-state index contributed by atoms with van der Waals surface area (Å²) in [6, 6.07) is 1.99. The highest BCUT2D eigenvalue weighted by Gasteiger charge is 2.40. The van der Waals surface area contributed by atoms with Crippen LogP contribution in [0.3, 0.4) is 0 Å². The van der Waals surface area contributed by atoms with Crippen molar-refractivity contribution < 1.29 is 43.3 Å². The molecule has 2 aliphatic carbocycles. The molecule has 0 spiro atoms. The Bertz CT molecular complexity index is 1160. The molecule has 0 aliphatic heterocycles. The van der Waals surface area contributed by atoms with E-state index in [1.54, 1.807) is 6.07 Å². The molecule has 0 amide bonds. The Morgan fingerprint density at radius 2 is 2.00 bits per heavy atom. The predicted molar refractivity (Wildman–Crippen MR) is 125 cm³/mol. The van der Waals surface area contributed by atoms with Crippen LogP contribution in [0.5, 0.6) is 0 Å². The van der Waals surface area contributed by atoms with E-state index in [2.05, 4.69) is 15.4 Å². The van der Waals surface area contributed by atoms with Crippen molar-refractivity contribution in [2.45, 2.75) is 50.0 Å². The normalized spacial score (nSPS) is 26.5. The number of imidazole rings is 1. The molecule has 7 atom stereocenters. The van der Waals surface area contributed by atoms with E-state index in [0.29, 0.717) is 23.2 Å². The number of hydrogen-bond acceptors (Lipinski definition) is 9. The number of anilines is 1. The van der Waals surface area contributed by atoms with Gasteiger partial charge < -0.3 is 39.5 Å². The second kappa shape index (κ2) is 10.3. The maximum absolute atomic E-state index is 11.9. The number of hydrogen-bond donors (Lipinski definition) is 6. The van der Waals surface area contributed by atoms with Crippen molar-refractivity contribution in [2.75, 3.05) is 24.9 Å². The molecule has 2 heterocycles. The van der Waals surface area contributed by atoms with Gasteiger partial charge in [0.05, 0.1) is 18.5 Å². The van der Waals surface area contributed by atoms with Gasteiger partial charge in [-0.15, -0.1) is 0 Å². The number of methoxy groups -OCH3 is 1. The number of nitrogens with zero attached hydrogens (tertiary/aromatic N) is 3. The molecule has 4 rings (SSSR count).